The molecule has 1 heterocycles. The van der Waals surface area contributed by atoms with Crippen LogP contribution in [-0.4, -0.2) is 11.7 Å². The summed E-state index contributed by atoms with van der Waals surface area (Å²) in [6.07, 6.45) is -0.309. The lowest BCUT2D eigenvalue weighted by atomic mass is 9.91. The number of hydrogen-bond donors (Lipinski definition) is 0. The zero-order chi connectivity index (χ0) is 15.0. The van der Waals surface area contributed by atoms with Gasteiger partial charge in [-0.15, -0.1) is 0 Å². The molecule has 2 aromatic rings. The number of benzene rings is 2. The van der Waals surface area contributed by atoms with E-state index in [9.17, 15) is 4.79 Å². The SMILES string of the molecule is CC1(C)OC(=O)N(c2ccc(Br)cc2)C1c1ccccc1. The number of nitrogens with zero attached hydrogens (tertiary/aromatic N) is 1. The van der Waals surface area contributed by atoms with Gasteiger partial charge in [-0.25, -0.2) is 4.79 Å². The first-order chi connectivity index (χ1) is 9.99. The van der Waals surface area contributed by atoms with Gasteiger partial charge in [-0.05, 0) is 43.7 Å². The maximum Gasteiger partial charge on any atom is 0.415 e. The maximum atomic E-state index is 12.4. The minimum atomic E-state index is -0.578. The van der Waals surface area contributed by atoms with Crippen LogP contribution >= 0.6 is 15.9 Å². The Morgan fingerprint density at radius 1 is 1.05 bits per heavy atom. The summed E-state index contributed by atoms with van der Waals surface area (Å²) in [5, 5.41) is 0. The molecular formula is C17H16BrNO2. The molecule has 0 aromatic heterocycles. The molecule has 0 spiro atoms. The smallest absolute Gasteiger partial charge is 0.415 e. The lowest BCUT2D eigenvalue weighted by Gasteiger charge is -2.29. The third-order valence-corrected chi connectivity index (χ3v) is 4.21. The van der Waals surface area contributed by atoms with Gasteiger partial charge in [0.2, 0.25) is 0 Å². The van der Waals surface area contributed by atoms with Crippen LogP contribution in [0.5, 0.6) is 0 Å². The van der Waals surface area contributed by atoms with Gasteiger partial charge in [-0.2, -0.15) is 0 Å². The molecule has 1 saturated heterocycles. The summed E-state index contributed by atoms with van der Waals surface area (Å²) in [7, 11) is 0. The van der Waals surface area contributed by atoms with Crippen LogP contribution in [0.1, 0.15) is 25.5 Å². The molecule has 1 aliphatic rings. The average molecular weight is 346 g/mol. The van der Waals surface area contributed by atoms with E-state index in [1.165, 1.54) is 0 Å². The Labute approximate surface area is 132 Å². The highest BCUT2D eigenvalue weighted by Gasteiger charge is 2.49. The minimum absolute atomic E-state index is 0.146. The van der Waals surface area contributed by atoms with E-state index in [1.807, 2.05) is 68.4 Å². The van der Waals surface area contributed by atoms with Crippen LogP contribution in [0.4, 0.5) is 10.5 Å². The molecule has 0 bridgehead atoms. The number of cyclic esters (lactones) is 1. The van der Waals surface area contributed by atoms with E-state index in [4.69, 9.17) is 4.74 Å². The monoisotopic (exact) mass is 345 g/mol. The highest BCUT2D eigenvalue weighted by Crippen LogP contribution is 2.43. The summed E-state index contributed by atoms with van der Waals surface area (Å²) < 4.78 is 6.57. The van der Waals surface area contributed by atoms with Crippen molar-refractivity contribution in [1.82, 2.24) is 0 Å². The van der Waals surface area contributed by atoms with Gasteiger partial charge in [0, 0.05) is 10.2 Å². The van der Waals surface area contributed by atoms with Crippen LogP contribution in [0.3, 0.4) is 0 Å². The molecule has 1 unspecified atom stereocenters. The van der Waals surface area contributed by atoms with Crippen molar-refractivity contribution in [3.8, 4) is 0 Å². The molecule has 0 N–H and O–H groups in total. The Kier molecular flexibility index (Phi) is 3.49. The fourth-order valence-electron chi connectivity index (χ4n) is 2.79. The van der Waals surface area contributed by atoms with Crippen molar-refractivity contribution in [3.05, 3.63) is 64.6 Å². The van der Waals surface area contributed by atoms with Crippen LogP contribution in [0, 0.1) is 0 Å². The molecular weight excluding hydrogens is 330 g/mol. The second kappa shape index (κ2) is 5.19. The summed E-state index contributed by atoms with van der Waals surface area (Å²) in [6.45, 7) is 3.89. The molecule has 0 aliphatic carbocycles. The molecule has 4 heteroatoms. The summed E-state index contributed by atoms with van der Waals surface area (Å²) in [6, 6.07) is 17.5. The van der Waals surface area contributed by atoms with Crippen molar-refractivity contribution < 1.29 is 9.53 Å². The largest absolute Gasteiger partial charge is 0.441 e. The van der Waals surface area contributed by atoms with Gasteiger partial charge in [-0.3, -0.25) is 4.90 Å². The Balaban J connectivity index is 2.08. The summed E-state index contributed by atoms with van der Waals surface area (Å²) in [4.78, 5) is 14.1. The molecule has 0 radical (unpaired) electrons. The minimum Gasteiger partial charge on any atom is -0.441 e. The Morgan fingerprint density at radius 2 is 1.67 bits per heavy atom. The van der Waals surface area contributed by atoms with Crippen molar-refractivity contribution in [2.24, 2.45) is 0 Å². The topological polar surface area (TPSA) is 29.5 Å². The van der Waals surface area contributed by atoms with Crippen LogP contribution in [0.25, 0.3) is 0 Å². The third kappa shape index (κ3) is 2.56. The molecule has 1 amide bonds. The van der Waals surface area contributed by atoms with Gasteiger partial charge >= 0.3 is 6.09 Å². The van der Waals surface area contributed by atoms with E-state index in [0.29, 0.717) is 0 Å². The predicted octanol–water partition coefficient (Wildman–Crippen LogP) is 4.93. The number of halogens is 1. The molecule has 3 rings (SSSR count). The van der Waals surface area contributed by atoms with E-state index < -0.39 is 5.60 Å². The highest BCUT2D eigenvalue weighted by molar-refractivity contribution is 9.10. The number of hydrogen-bond acceptors (Lipinski definition) is 2. The van der Waals surface area contributed by atoms with E-state index in [2.05, 4.69) is 15.9 Å². The quantitative estimate of drug-likeness (QED) is 0.772. The molecule has 1 atom stereocenters. The fraction of sp³-hybridized carbons (Fsp3) is 0.235. The van der Waals surface area contributed by atoms with Crippen LogP contribution in [0.2, 0.25) is 0 Å². The second-order valence-electron chi connectivity index (χ2n) is 5.63. The molecule has 3 nitrogen and oxygen atoms in total. The molecule has 108 valence electrons. The Morgan fingerprint density at radius 3 is 2.29 bits per heavy atom. The van der Waals surface area contributed by atoms with E-state index >= 15 is 0 Å². The standard InChI is InChI=1S/C17H16BrNO2/c1-17(2)15(12-6-4-3-5-7-12)19(16(20)21-17)14-10-8-13(18)9-11-14/h3-11,15H,1-2H3. The summed E-state index contributed by atoms with van der Waals surface area (Å²) in [5.41, 5.74) is 1.32. The van der Waals surface area contributed by atoms with Crippen LogP contribution < -0.4 is 4.90 Å². The number of rotatable bonds is 2. The van der Waals surface area contributed by atoms with Gasteiger partial charge in [0.05, 0.1) is 0 Å². The molecule has 21 heavy (non-hydrogen) atoms. The summed E-state index contributed by atoms with van der Waals surface area (Å²) in [5.74, 6) is 0. The lowest BCUT2D eigenvalue weighted by molar-refractivity contribution is 0.0685. The summed E-state index contributed by atoms with van der Waals surface area (Å²) >= 11 is 3.42. The van der Waals surface area contributed by atoms with Gasteiger partial charge in [-0.1, -0.05) is 46.3 Å². The van der Waals surface area contributed by atoms with Crippen molar-refractivity contribution >= 4 is 27.7 Å². The van der Waals surface area contributed by atoms with Gasteiger partial charge < -0.3 is 4.74 Å². The second-order valence-corrected chi connectivity index (χ2v) is 6.55. The number of carbonyl (C=O) groups is 1. The maximum absolute atomic E-state index is 12.4. The number of anilines is 1. The number of ether oxygens (including phenoxy) is 1. The van der Waals surface area contributed by atoms with Crippen molar-refractivity contribution in [2.75, 3.05) is 4.90 Å². The first-order valence-corrected chi connectivity index (χ1v) is 7.61. The predicted molar refractivity (Wildman–Crippen MR) is 86.4 cm³/mol. The number of amides is 1. The van der Waals surface area contributed by atoms with Gasteiger partial charge in [0.1, 0.15) is 11.6 Å². The van der Waals surface area contributed by atoms with Crippen molar-refractivity contribution in [2.45, 2.75) is 25.5 Å². The lowest BCUT2D eigenvalue weighted by Crippen LogP contribution is -2.33. The Bertz CT molecular complexity index is 652. The average Bonchev–Trinajstić information content (AvgIpc) is 2.70. The molecule has 1 aliphatic heterocycles. The zero-order valence-electron chi connectivity index (χ0n) is 11.9. The molecule has 2 aromatic carbocycles. The van der Waals surface area contributed by atoms with Crippen LogP contribution in [0.15, 0.2) is 59.1 Å². The molecule has 0 saturated carbocycles. The number of carbonyl (C=O) groups excluding carboxylic acids is 1. The van der Waals surface area contributed by atoms with Gasteiger partial charge in [0.15, 0.2) is 0 Å². The first kappa shape index (κ1) is 14.1. The zero-order valence-corrected chi connectivity index (χ0v) is 13.5. The third-order valence-electron chi connectivity index (χ3n) is 3.68. The van der Waals surface area contributed by atoms with E-state index in [-0.39, 0.29) is 12.1 Å². The van der Waals surface area contributed by atoms with E-state index in [0.717, 1.165) is 15.7 Å². The highest BCUT2D eigenvalue weighted by atomic mass is 79.9. The molecule has 1 fully saturated rings. The van der Waals surface area contributed by atoms with Crippen LogP contribution in [-0.2, 0) is 4.74 Å². The van der Waals surface area contributed by atoms with Crippen molar-refractivity contribution in [1.29, 1.82) is 0 Å². The Hall–Kier alpha value is -1.81. The van der Waals surface area contributed by atoms with Gasteiger partial charge in [0.25, 0.3) is 0 Å². The first-order valence-electron chi connectivity index (χ1n) is 6.82. The normalized spacial score (nSPS) is 20.4. The fourth-order valence-corrected chi connectivity index (χ4v) is 3.05. The van der Waals surface area contributed by atoms with Crippen molar-refractivity contribution in [3.63, 3.8) is 0 Å². The van der Waals surface area contributed by atoms with E-state index in [1.54, 1.807) is 4.90 Å².